The van der Waals surface area contributed by atoms with E-state index < -0.39 is 0 Å². The van der Waals surface area contributed by atoms with E-state index in [9.17, 15) is 0 Å². The summed E-state index contributed by atoms with van der Waals surface area (Å²) in [5, 5.41) is 11.8. The smallest absolute Gasteiger partial charge is 0.176 e. The normalized spacial score (nSPS) is 28.2. The maximum atomic E-state index is 6.11. The van der Waals surface area contributed by atoms with Gasteiger partial charge in [0.25, 0.3) is 0 Å². The molecule has 2 rings (SSSR count). The molecular formula is C9H17N5O. The van der Waals surface area contributed by atoms with Crippen molar-refractivity contribution < 1.29 is 4.74 Å². The highest BCUT2D eigenvalue weighted by Crippen LogP contribution is 2.23. The number of nitrogens with zero attached hydrogens (tertiary/aromatic N) is 4. The van der Waals surface area contributed by atoms with Gasteiger partial charge in [0, 0.05) is 25.0 Å². The molecule has 2 N–H and O–H groups in total. The molecule has 6 nitrogen and oxygen atoms in total. The van der Waals surface area contributed by atoms with Crippen molar-refractivity contribution in [2.75, 3.05) is 6.61 Å². The summed E-state index contributed by atoms with van der Waals surface area (Å²) in [5.74, 6) is 1.12. The summed E-state index contributed by atoms with van der Waals surface area (Å²) < 4.78 is 5.49. The highest BCUT2D eigenvalue weighted by Gasteiger charge is 2.30. The average molecular weight is 211 g/mol. The van der Waals surface area contributed by atoms with Crippen molar-refractivity contribution in [1.29, 1.82) is 0 Å². The second kappa shape index (κ2) is 4.24. The number of nitrogens with two attached hydrogens (primary N) is 1. The molecule has 1 fully saturated rings. The van der Waals surface area contributed by atoms with Gasteiger partial charge >= 0.3 is 0 Å². The van der Waals surface area contributed by atoms with E-state index in [4.69, 9.17) is 10.5 Å². The minimum atomic E-state index is 0.0618. The lowest BCUT2D eigenvalue weighted by Gasteiger charge is -2.20. The Balaban J connectivity index is 1.94. The van der Waals surface area contributed by atoms with Gasteiger partial charge in [0.1, 0.15) is 0 Å². The van der Waals surface area contributed by atoms with Gasteiger partial charge in [0.2, 0.25) is 0 Å². The molecule has 3 unspecified atom stereocenters. The van der Waals surface area contributed by atoms with E-state index in [1.807, 2.05) is 0 Å². The van der Waals surface area contributed by atoms with Crippen LogP contribution in [0.5, 0.6) is 0 Å². The van der Waals surface area contributed by atoms with Crippen LogP contribution in [0.25, 0.3) is 0 Å². The summed E-state index contributed by atoms with van der Waals surface area (Å²) in [4.78, 5) is 1.45. The molecule has 15 heavy (non-hydrogen) atoms. The Labute approximate surface area is 88.8 Å². The first-order chi connectivity index (χ1) is 7.16. The van der Waals surface area contributed by atoms with Crippen LogP contribution in [0.1, 0.15) is 19.2 Å². The van der Waals surface area contributed by atoms with Gasteiger partial charge in [-0.2, -0.15) is 4.80 Å². The molecule has 1 aromatic rings. The van der Waals surface area contributed by atoms with E-state index in [1.165, 1.54) is 4.80 Å². The number of aromatic nitrogens is 4. The standard InChI is InChI=1S/C9H17N5O/c1-6-7(3-4-15-6)8(10)5-9-11-13-14(2)12-9/h6-8H,3-5,10H2,1-2H3. The van der Waals surface area contributed by atoms with Crippen molar-refractivity contribution in [1.82, 2.24) is 20.2 Å². The Morgan fingerprint density at radius 1 is 1.67 bits per heavy atom. The van der Waals surface area contributed by atoms with Crippen LogP contribution in [0, 0.1) is 5.92 Å². The quantitative estimate of drug-likeness (QED) is 0.729. The Bertz CT molecular complexity index is 326. The van der Waals surface area contributed by atoms with E-state index >= 15 is 0 Å². The maximum absolute atomic E-state index is 6.11. The molecule has 0 aliphatic carbocycles. The zero-order chi connectivity index (χ0) is 10.8. The van der Waals surface area contributed by atoms with Crippen LogP contribution in [-0.4, -0.2) is 39.0 Å². The van der Waals surface area contributed by atoms with Crippen LogP contribution in [0.3, 0.4) is 0 Å². The molecule has 0 radical (unpaired) electrons. The number of rotatable bonds is 3. The van der Waals surface area contributed by atoms with Gasteiger partial charge in [0.05, 0.1) is 13.2 Å². The number of ether oxygens (including phenoxy) is 1. The molecule has 0 bridgehead atoms. The molecular weight excluding hydrogens is 194 g/mol. The molecule has 1 aliphatic heterocycles. The summed E-state index contributed by atoms with van der Waals surface area (Å²) >= 11 is 0. The molecule has 1 aliphatic rings. The molecule has 0 amide bonds. The van der Waals surface area contributed by atoms with Crippen LogP contribution in [-0.2, 0) is 18.2 Å². The number of aryl methyl sites for hydroxylation is 1. The Hall–Kier alpha value is -1.01. The molecule has 0 aromatic carbocycles. The molecule has 84 valence electrons. The molecule has 1 aromatic heterocycles. The zero-order valence-corrected chi connectivity index (χ0v) is 9.13. The molecule has 2 heterocycles. The fraction of sp³-hybridized carbons (Fsp3) is 0.889. The summed E-state index contributed by atoms with van der Waals surface area (Å²) in [5.41, 5.74) is 6.11. The molecule has 1 saturated heterocycles. The third kappa shape index (κ3) is 2.32. The monoisotopic (exact) mass is 211 g/mol. The molecule has 0 spiro atoms. The van der Waals surface area contributed by atoms with E-state index in [1.54, 1.807) is 7.05 Å². The van der Waals surface area contributed by atoms with Crippen molar-refractivity contribution in [2.24, 2.45) is 18.7 Å². The van der Waals surface area contributed by atoms with Gasteiger partial charge in [-0.3, -0.25) is 0 Å². The summed E-state index contributed by atoms with van der Waals surface area (Å²) in [6.07, 6.45) is 1.95. The maximum Gasteiger partial charge on any atom is 0.176 e. The van der Waals surface area contributed by atoms with Crippen molar-refractivity contribution in [3.05, 3.63) is 5.82 Å². The Morgan fingerprint density at radius 3 is 3.00 bits per heavy atom. The molecule has 3 atom stereocenters. The van der Waals surface area contributed by atoms with Gasteiger partial charge in [0.15, 0.2) is 5.82 Å². The van der Waals surface area contributed by atoms with Crippen molar-refractivity contribution in [3.63, 3.8) is 0 Å². The van der Waals surface area contributed by atoms with E-state index in [0.717, 1.165) is 13.0 Å². The third-order valence-corrected chi connectivity index (χ3v) is 2.95. The predicted octanol–water partition coefficient (Wildman–Crippen LogP) is -0.495. The lowest BCUT2D eigenvalue weighted by Crippen LogP contribution is -2.36. The van der Waals surface area contributed by atoms with Gasteiger partial charge in [-0.05, 0) is 18.6 Å². The summed E-state index contributed by atoms with van der Waals surface area (Å²) in [6, 6.07) is 0.0618. The summed E-state index contributed by atoms with van der Waals surface area (Å²) in [7, 11) is 1.75. The van der Waals surface area contributed by atoms with Crippen LogP contribution < -0.4 is 5.73 Å². The van der Waals surface area contributed by atoms with Crippen molar-refractivity contribution in [2.45, 2.75) is 31.9 Å². The van der Waals surface area contributed by atoms with Crippen LogP contribution >= 0.6 is 0 Å². The fourth-order valence-corrected chi connectivity index (χ4v) is 2.08. The first-order valence-electron chi connectivity index (χ1n) is 5.27. The SMILES string of the molecule is CC1OCCC1C(N)Cc1nnn(C)n1. The van der Waals surface area contributed by atoms with Gasteiger partial charge in [-0.1, -0.05) is 0 Å². The average Bonchev–Trinajstić information content (AvgIpc) is 2.75. The highest BCUT2D eigenvalue weighted by atomic mass is 16.5. The lowest BCUT2D eigenvalue weighted by molar-refractivity contribution is 0.0993. The van der Waals surface area contributed by atoms with E-state index in [2.05, 4.69) is 22.3 Å². The minimum absolute atomic E-state index is 0.0618. The number of tetrazole rings is 1. The topological polar surface area (TPSA) is 78.9 Å². The Kier molecular flexibility index (Phi) is 2.97. The van der Waals surface area contributed by atoms with Gasteiger partial charge < -0.3 is 10.5 Å². The predicted molar refractivity (Wildman–Crippen MR) is 54.0 cm³/mol. The van der Waals surface area contributed by atoms with E-state index in [0.29, 0.717) is 18.2 Å². The molecule has 6 heteroatoms. The highest BCUT2D eigenvalue weighted by molar-refractivity contribution is 4.90. The Morgan fingerprint density at radius 2 is 2.47 bits per heavy atom. The first-order valence-corrected chi connectivity index (χ1v) is 5.27. The van der Waals surface area contributed by atoms with Crippen molar-refractivity contribution >= 4 is 0 Å². The summed E-state index contributed by atoms with van der Waals surface area (Å²) in [6.45, 7) is 2.88. The van der Waals surface area contributed by atoms with Gasteiger partial charge in [-0.15, -0.1) is 10.2 Å². The van der Waals surface area contributed by atoms with Crippen LogP contribution in [0.2, 0.25) is 0 Å². The number of hydrogen-bond donors (Lipinski definition) is 1. The molecule has 0 saturated carbocycles. The van der Waals surface area contributed by atoms with Crippen molar-refractivity contribution in [3.8, 4) is 0 Å². The van der Waals surface area contributed by atoms with Crippen LogP contribution in [0.4, 0.5) is 0 Å². The second-order valence-corrected chi connectivity index (χ2v) is 4.09. The first kappa shape index (κ1) is 10.5. The van der Waals surface area contributed by atoms with Gasteiger partial charge in [-0.25, -0.2) is 0 Å². The fourth-order valence-electron chi connectivity index (χ4n) is 2.08. The number of hydrogen-bond acceptors (Lipinski definition) is 5. The lowest BCUT2D eigenvalue weighted by atomic mass is 9.92. The van der Waals surface area contributed by atoms with Crippen LogP contribution in [0.15, 0.2) is 0 Å². The largest absolute Gasteiger partial charge is 0.378 e. The second-order valence-electron chi connectivity index (χ2n) is 4.09. The zero-order valence-electron chi connectivity index (χ0n) is 9.13. The minimum Gasteiger partial charge on any atom is -0.378 e. The third-order valence-electron chi connectivity index (χ3n) is 2.95. The van der Waals surface area contributed by atoms with E-state index in [-0.39, 0.29) is 12.1 Å².